The number of para-hydroxylation sites is 1. The second-order valence-electron chi connectivity index (χ2n) is 5.43. The zero-order valence-electron chi connectivity index (χ0n) is 12.5. The molecule has 4 rings (SSSR count). The second-order valence-corrected chi connectivity index (χ2v) is 5.43. The maximum absolute atomic E-state index is 13.8. The average molecular weight is 324 g/mol. The third-order valence-corrected chi connectivity index (χ3v) is 3.89. The molecule has 1 aliphatic rings. The molecule has 2 heterocycles. The van der Waals surface area contributed by atoms with Gasteiger partial charge in [-0.05, 0) is 18.2 Å². The Morgan fingerprint density at radius 2 is 1.96 bits per heavy atom. The largest absolute Gasteiger partial charge is 0.491 e. The number of carbonyl (C=O) groups excluding carboxylic acids is 1. The normalized spacial score (nSPS) is 15.6. The van der Waals surface area contributed by atoms with Gasteiger partial charge in [0.05, 0.1) is 11.6 Å². The maximum atomic E-state index is 13.8. The van der Waals surface area contributed by atoms with Crippen LogP contribution in [0.15, 0.2) is 59.1 Å². The number of nitrogens with zero attached hydrogens (tertiary/aromatic N) is 1. The van der Waals surface area contributed by atoms with E-state index in [4.69, 9.17) is 9.26 Å². The van der Waals surface area contributed by atoms with Crippen LogP contribution in [0.3, 0.4) is 0 Å². The van der Waals surface area contributed by atoms with E-state index in [1.54, 1.807) is 18.2 Å². The molecule has 24 heavy (non-hydrogen) atoms. The summed E-state index contributed by atoms with van der Waals surface area (Å²) in [5.41, 5.74) is 1.28. The first-order valence-electron chi connectivity index (χ1n) is 7.46. The lowest BCUT2D eigenvalue weighted by Gasteiger charge is -2.09. The van der Waals surface area contributed by atoms with Crippen molar-refractivity contribution in [3.8, 4) is 17.1 Å². The van der Waals surface area contributed by atoms with Crippen LogP contribution in [0.5, 0.6) is 5.75 Å². The Morgan fingerprint density at radius 1 is 1.17 bits per heavy atom. The number of fused-ring (bicyclic) bond motifs is 1. The Morgan fingerprint density at radius 3 is 2.83 bits per heavy atom. The number of ether oxygens (including phenoxy) is 1. The lowest BCUT2D eigenvalue weighted by molar-refractivity contribution is 0.0921. The number of amides is 1. The van der Waals surface area contributed by atoms with E-state index in [2.05, 4.69) is 10.5 Å². The van der Waals surface area contributed by atoms with Gasteiger partial charge in [0, 0.05) is 11.6 Å². The number of rotatable bonds is 3. The van der Waals surface area contributed by atoms with Crippen molar-refractivity contribution in [3.05, 3.63) is 71.7 Å². The molecule has 0 radical (unpaired) electrons. The summed E-state index contributed by atoms with van der Waals surface area (Å²) >= 11 is 0. The Labute approximate surface area is 137 Å². The number of halogens is 1. The van der Waals surface area contributed by atoms with Gasteiger partial charge in [-0.15, -0.1) is 0 Å². The van der Waals surface area contributed by atoms with Gasteiger partial charge in [0.2, 0.25) is 0 Å². The number of nitrogens with one attached hydrogen (secondary N) is 1. The highest BCUT2D eigenvalue weighted by Crippen LogP contribution is 2.32. The molecule has 3 aromatic rings. The standard InChI is InChI=1S/C18H13FN2O3/c19-13-7-3-1-5-11(13)17-9-14(21-24-17)18(22)20-15-10-23-16-8-4-2-6-12(15)16/h1-9,15H,10H2,(H,20,22)/t15-/m1/s1. The molecule has 0 aliphatic carbocycles. The van der Waals surface area contributed by atoms with Crippen molar-refractivity contribution < 1.29 is 18.4 Å². The van der Waals surface area contributed by atoms with Crippen LogP contribution in [-0.2, 0) is 0 Å². The zero-order valence-corrected chi connectivity index (χ0v) is 12.5. The van der Waals surface area contributed by atoms with Crippen molar-refractivity contribution in [1.82, 2.24) is 10.5 Å². The average Bonchev–Trinajstić information content (AvgIpc) is 3.23. The van der Waals surface area contributed by atoms with E-state index in [1.165, 1.54) is 12.1 Å². The van der Waals surface area contributed by atoms with Gasteiger partial charge in [-0.25, -0.2) is 4.39 Å². The van der Waals surface area contributed by atoms with Crippen LogP contribution < -0.4 is 10.1 Å². The Balaban J connectivity index is 1.53. The molecule has 1 aliphatic heterocycles. The zero-order chi connectivity index (χ0) is 16.5. The topological polar surface area (TPSA) is 64.4 Å². The minimum absolute atomic E-state index is 0.0950. The smallest absolute Gasteiger partial charge is 0.274 e. The first-order valence-corrected chi connectivity index (χ1v) is 7.46. The summed E-state index contributed by atoms with van der Waals surface area (Å²) in [5, 5.41) is 6.59. The van der Waals surface area contributed by atoms with Crippen molar-refractivity contribution in [2.45, 2.75) is 6.04 Å². The lowest BCUT2D eigenvalue weighted by Crippen LogP contribution is -2.29. The molecule has 1 N–H and O–H groups in total. The highest BCUT2D eigenvalue weighted by Gasteiger charge is 2.26. The summed E-state index contributed by atoms with van der Waals surface area (Å²) in [6.45, 7) is 0.364. The van der Waals surface area contributed by atoms with Crippen LogP contribution in [0.25, 0.3) is 11.3 Å². The summed E-state index contributed by atoms with van der Waals surface area (Å²) < 4.78 is 24.4. The highest BCUT2D eigenvalue weighted by atomic mass is 19.1. The van der Waals surface area contributed by atoms with Crippen LogP contribution in [0, 0.1) is 5.82 Å². The van der Waals surface area contributed by atoms with Gasteiger partial charge in [0.25, 0.3) is 5.91 Å². The van der Waals surface area contributed by atoms with Crippen LogP contribution in [0.2, 0.25) is 0 Å². The third kappa shape index (κ3) is 2.52. The fourth-order valence-electron chi connectivity index (χ4n) is 2.68. The Kier molecular flexibility index (Phi) is 3.49. The predicted molar refractivity (Wildman–Crippen MR) is 84.0 cm³/mol. The molecule has 0 bridgehead atoms. The highest BCUT2D eigenvalue weighted by molar-refractivity contribution is 5.93. The van der Waals surface area contributed by atoms with E-state index < -0.39 is 11.7 Å². The molecule has 5 nitrogen and oxygen atoms in total. The molecule has 0 saturated heterocycles. The predicted octanol–water partition coefficient (Wildman–Crippen LogP) is 3.34. The summed E-state index contributed by atoms with van der Waals surface area (Å²) in [4.78, 5) is 12.4. The molecule has 1 atom stereocenters. The van der Waals surface area contributed by atoms with E-state index in [0.717, 1.165) is 11.3 Å². The molecule has 1 aromatic heterocycles. The van der Waals surface area contributed by atoms with Crippen LogP contribution in [0.4, 0.5) is 4.39 Å². The summed E-state index contributed by atoms with van der Waals surface area (Å²) in [5.74, 6) is 0.140. The number of hydrogen-bond donors (Lipinski definition) is 1. The Hall–Kier alpha value is -3.15. The second kappa shape index (κ2) is 5.81. The van der Waals surface area contributed by atoms with Crippen molar-refractivity contribution in [2.24, 2.45) is 0 Å². The molecule has 120 valence electrons. The molecule has 0 saturated carbocycles. The summed E-state index contributed by atoms with van der Waals surface area (Å²) in [6, 6.07) is 14.9. The van der Waals surface area contributed by atoms with Gasteiger partial charge < -0.3 is 14.6 Å². The number of aromatic nitrogens is 1. The molecule has 1 amide bonds. The van der Waals surface area contributed by atoms with Gasteiger partial charge in [0.15, 0.2) is 11.5 Å². The number of carbonyl (C=O) groups is 1. The fourth-order valence-corrected chi connectivity index (χ4v) is 2.68. The minimum atomic E-state index is -0.432. The van der Waals surface area contributed by atoms with Crippen LogP contribution >= 0.6 is 0 Å². The van der Waals surface area contributed by atoms with Crippen LogP contribution in [0.1, 0.15) is 22.1 Å². The molecule has 0 spiro atoms. The first-order chi connectivity index (χ1) is 11.7. The molecule has 2 aromatic carbocycles. The minimum Gasteiger partial charge on any atom is -0.491 e. The molecule has 0 fully saturated rings. The third-order valence-electron chi connectivity index (χ3n) is 3.89. The van der Waals surface area contributed by atoms with Gasteiger partial charge >= 0.3 is 0 Å². The van der Waals surface area contributed by atoms with E-state index in [1.807, 2.05) is 24.3 Å². The van der Waals surface area contributed by atoms with Crippen molar-refractivity contribution >= 4 is 5.91 Å². The molecular formula is C18H13FN2O3. The summed E-state index contributed by atoms with van der Waals surface area (Å²) in [7, 11) is 0. The van der Waals surface area contributed by atoms with Gasteiger partial charge in [-0.1, -0.05) is 35.5 Å². The lowest BCUT2D eigenvalue weighted by atomic mass is 10.1. The van der Waals surface area contributed by atoms with Crippen molar-refractivity contribution in [1.29, 1.82) is 0 Å². The fraction of sp³-hybridized carbons (Fsp3) is 0.111. The quantitative estimate of drug-likeness (QED) is 0.802. The SMILES string of the molecule is O=C(N[C@@H]1COc2ccccc21)c1cc(-c2ccccc2F)on1. The van der Waals surface area contributed by atoms with Crippen molar-refractivity contribution in [2.75, 3.05) is 6.61 Å². The molecule has 0 unspecified atom stereocenters. The molecular weight excluding hydrogens is 311 g/mol. The van der Waals surface area contributed by atoms with Gasteiger partial charge in [-0.2, -0.15) is 0 Å². The van der Waals surface area contributed by atoms with Crippen molar-refractivity contribution in [3.63, 3.8) is 0 Å². The molecule has 6 heteroatoms. The van der Waals surface area contributed by atoms with E-state index in [-0.39, 0.29) is 23.1 Å². The van der Waals surface area contributed by atoms with E-state index >= 15 is 0 Å². The van der Waals surface area contributed by atoms with Gasteiger partial charge in [0.1, 0.15) is 18.2 Å². The Bertz CT molecular complexity index is 907. The van der Waals surface area contributed by atoms with E-state index in [9.17, 15) is 9.18 Å². The van der Waals surface area contributed by atoms with Crippen LogP contribution in [-0.4, -0.2) is 17.7 Å². The number of hydrogen-bond acceptors (Lipinski definition) is 4. The first kappa shape index (κ1) is 14.4. The summed E-state index contributed by atoms with van der Waals surface area (Å²) in [6.07, 6.45) is 0. The monoisotopic (exact) mass is 324 g/mol. The number of benzene rings is 2. The van der Waals surface area contributed by atoms with Gasteiger partial charge in [-0.3, -0.25) is 4.79 Å². The maximum Gasteiger partial charge on any atom is 0.274 e. The van der Waals surface area contributed by atoms with E-state index in [0.29, 0.717) is 6.61 Å².